The van der Waals surface area contributed by atoms with Crippen LogP contribution in [0.3, 0.4) is 0 Å². The van der Waals surface area contributed by atoms with Crippen molar-refractivity contribution in [3.05, 3.63) is 11.6 Å². The van der Waals surface area contributed by atoms with Crippen molar-refractivity contribution < 1.29 is 14.3 Å². The van der Waals surface area contributed by atoms with Gasteiger partial charge in [0, 0.05) is 11.8 Å². The number of rotatable bonds is 1. The first-order chi connectivity index (χ1) is 11.3. The minimum absolute atomic E-state index is 0.0345. The Morgan fingerprint density at radius 2 is 1.96 bits per heavy atom. The lowest BCUT2D eigenvalue weighted by Gasteiger charge is -2.58. The fraction of sp³-hybridized carbons (Fsp3) is 0.810. The molecule has 1 saturated heterocycles. The highest BCUT2D eigenvalue weighted by atomic mass is 16.6. The first-order valence-corrected chi connectivity index (χ1v) is 9.76. The number of ether oxygens (including phenoxy) is 1. The molecule has 3 nitrogen and oxygen atoms in total. The molecule has 0 spiro atoms. The number of fused-ring (bicyclic) bond motifs is 7. The molecule has 0 aromatic heterocycles. The third kappa shape index (κ3) is 1.54. The minimum Gasteiger partial charge on any atom is -0.357 e. The summed E-state index contributed by atoms with van der Waals surface area (Å²) in [5.74, 6) is 2.58. The Hall–Kier alpha value is -0.960. The monoisotopic (exact) mass is 328 g/mol. The van der Waals surface area contributed by atoms with Crippen LogP contribution in [-0.2, 0) is 14.3 Å². The van der Waals surface area contributed by atoms with Crippen LogP contribution in [0.4, 0.5) is 0 Å². The van der Waals surface area contributed by atoms with Gasteiger partial charge in [-0.3, -0.25) is 9.59 Å². The Bertz CT molecular complexity index is 679. The molecule has 1 heterocycles. The van der Waals surface area contributed by atoms with Crippen LogP contribution in [0.2, 0.25) is 0 Å². The molecule has 5 rings (SSSR count). The van der Waals surface area contributed by atoms with Crippen molar-refractivity contribution in [2.75, 3.05) is 0 Å². The number of epoxide rings is 1. The molecule has 5 aliphatic rings. The van der Waals surface area contributed by atoms with Crippen molar-refractivity contribution in [1.29, 1.82) is 0 Å². The summed E-state index contributed by atoms with van der Waals surface area (Å²) in [5, 5.41) is 0. The van der Waals surface area contributed by atoms with Crippen LogP contribution in [0.15, 0.2) is 11.6 Å². The summed E-state index contributed by atoms with van der Waals surface area (Å²) in [5.41, 5.74) is 1.22. The lowest BCUT2D eigenvalue weighted by atomic mass is 9.46. The van der Waals surface area contributed by atoms with E-state index in [2.05, 4.69) is 13.8 Å². The van der Waals surface area contributed by atoms with Gasteiger partial charge in [-0.1, -0.05) is 19.4 Å². The van der Waals surface area contributed by atoms with E-state index in [-0.39, 0.29) is 22.7 Å². The van der Waals surface area contributed by atoms with E-state index in [0.29, 0.717) is 30.0 Å². The molecular weight excluding hydrogens is 300 g/mol. The second-order valence-electron chi connectivity index (χ2n) is 9.56. The fourth-order valence-electron chi connectivity index (χ4n) is 7.62. The van der Waals surface area contributed by atoms with E-state index in [1.807, 2.05) is 6.08 Å². The van der Waals surface area contributed by atoms with E-state index in [1.165, 1.54) is 18.4 Å². The Morgan fingerprint density at radius 3 is 2.71 bits per heavy atom. The van der Waals surface area contributed by atoms with Gasteiger partial charge in [0.25, 0.3) is 0 Å². The third-order valence-corrected chi connectivity index (χ3v) is 8.92. The van der Waals surface area contributed by atoms with Gasteiger partial charge in [-0.25, -0.2) is 0 Å². The van der Waals surface area contributed by atoms with Crippen LogP contribution in [-0.4, -0.2) is 23.3 Å². The summed E-state index contributed by atoms with van der Waals surface area (Å²) in [6, 6.07) is 0. The summed E-state index contributed by atoms with van der Waals surface area (Å²) >= 11 is 0. The molecule has 0 aromatic rings. The Labute approximate surface area is 144 Å². The Balaban J connectivity index is 1.52. The quantitative estimate of drug-likeness (QED) is 0.687. The lowest BCUT2D eigenvalue weighted by Crippen LogP contribution is -2.54. The molecule has 1 aliphatic heterocycles. The predicted molar refractivity (Wildman–Crippen MR) is 90.4 cm³/mol. The summed E-state index contributed by atoms with van der Waals surface area (Å²) in [6.07, 6.45) is 9.53. The number of hydrogen-bond donors (Lipinski definition) is 0. The summed E-state index contributed by atoms with van der Waals surface area (Å²) in [4.78, 5) is 24.3. The molecular formula is C21H28O3. The van der Waals surface area contributed by atoms with Gasteiger partial charge in [-0.05, 0) is 74.7 Å². The van der Waals surface area contributed by atoms with E-state index in [4.69, 9.17) is 4.74 Å². The fourth-order valence-corrected chi connectivity index (χ4v) is 7.62. The molecule has 7 atom stereocenters. The maximum absolute atomic E-state index is 12.4. The van der Waals surface area contributed by atoms with E-state index in [9.17, 15) is 9.59 Å². The molecule has 130 valence electrons. The van der Waals surface area contributed by atoms with Crippen LogP contribution in [0, 0.1) is 28.6 Å². The average molecular weight is 328 g/mol. The molecule has 3 saturated carbocycles. The van der Waals surface area contributed by atoms with Gasteiger partial charge in [-0.15, -0.1) is 0 Å². The first kappa shape index (κ1) is 15.3. The molecule has 3 heteroatoms. The number of carbonyl (C=O) groups is 2. The van der Waals surface area contributed by atoms with E-state index in [0.717, 1.165) is 25.7 Å². The van der Waals surface area contributed by atoms with Gasteiger partial charge in [0.1, 0.15) is 0 Å². The van der Waals surface area contributed by atoms with Crippen molar-refractivity contribution in [1.82, 2.24) is 0 Å². The smallest absolute Gasteiger partial charge is 0.164 e. The van der Waals surface area contributed by atoms with Gasteiger partial charge < -0.3 is 4.74 Å². The normalized spacial score (nSPS) is 55.0. The number of hydrogen-bond acceptors (Lipinski definition) is 3. The zero-order valence-electron chi connectivity index (χ0n) is 15.1. The molecule has 4 fully saturated rings. The van der Waals surface area contributed by atoms with Crippen molar-refractivity contribution in [3.63, 3.8) is 0 Å². The van der Waals surface area contributed by atoms with Crippen LogP contribution in [0.5, 0.6) is 0 Å². The van der Waals surface area contributed by atoms with Gasteiger partial charge in [0.05, 0.1) is 6.10 Å². The van der Waals surface area contributed by atoms with Crippen LogP contribution < -0.4 is 0 Å². The maximum atomic E-state index is 12.4. The first-order valence-electron chi connectivity index (χ1n) is 9.76. The van der Waals surface area contributed by atoms with Crippen molar-refractivity contribution in [2.45, 2.75) is 77.4 Å². The summed E-state index contributed by atoms with van der Waals surface area (Å²) < 4.78 is 5.99. The highest BCUT2D eigenvalue weighted by Gasteiger charge is 2.79. The van der Waals surface area contributed by atoms with Gasteiger partial charge in [0.15, 0.2) is 17.2 Å². The Morgan fingerprint density at radius 1 is 1.17 bits per heavy atom. The van der Waals surface area contributed by atoms with Gasteiger partial charge in [-0.2, -0.15) is 0 Å². The van der Waals surface area contributed by atoms with Gasteiger partial charge in [0.2, 0.25) is 0 Å². The van der Waals surface area contributed by atoms with E-state index in [1.54, 1.807) is 6.92 Å². The Kier molecular flexibility index (Phi) is 2.81. The largest absolute Gasteiger partial charge is 0.357 e. The zero-order valence-corrected chi connectivity index (χ0v) is 15.1. The lowest BCUT2D eigenvalue weighted by molar-refractivity contribution is -0.136. The molecule has 0 aromatic carbocycles. The van der Waals surface area contributed by atoms with Gasteiger partial charge >= 0.3 is 0 Å². The SMILES string of the molecule is CC(=O)[C@@]12O[C@@H]1C[C@H]1[C@H]3CCC4=CC(=O)CC[C@@]4(C)[C@@H]3CC[C@@]12C. The number of Topliss-reactive ketones (excluding diaryl/α,β-unsaturated/α-hetero) is 1. The summed E-state index contributed by atoms with van der Waals surface area (Å²) in [6.45, 7) is 6.48. The van der Waals surface area contributed by atoms with Crippen molar-refractivity contribution >= 4 is 11.6 Å². The number of allylic oxidation sites excluding steroid dienone is 1. The summed E-state index contributed by atoms with van der Waals surface area (Å²) in [7, 11) is 0. The van der Waals surface area contributed by atoms with Crippen LogP contribution in [0.25, 0.3) is 0 Å². The molecule has 0 bridgehead atoms. The van der Waals surface area contributed by atoms with Crippen LogP contribution in [0.1, 0.15) is 65.7 Å². The minimum atomic E-state index is -0.456. The van der Waals surface area contributed by atoms with E-state index < -0.39 is 5.60 Å². The van der Waals surface area contributed by atoms with Crippen molar-refractivity contribution in [3.8, 4) is 0 Å². The predicted octanol–water partition coefficient (Wildman–Crippen LogP) is 3.85. The molecule has 0 N–H and O–H groups in total. The highest BCUT2D eigenvalue weighted by molar-refractivity contribution is 5.92. The highest BCUT2D eigenvalue weighted by Crippen LogP contribution is 2.73. The molecule has 0 unspecified atom stereocenters. The third-order valence-electron chi connectivity index (χ3n) is 8.92. The molecule has 4 aliphatic carbocycles. The zero-order chi connectivity index (χ0) is 16.9. The van der Waals surface area contributed by atoms with Crippen LogP contribution >= 0.6 is 0 Å². The topological polar surface area (TPSA) is 46.7 Å². The molecule has 0 radical (unpaired) electrons. The number of ketones is 2. The molecule has 24 heavy (non-hydrogen) atoms. The average Bonchev–Trinajstić information content (AvgIpc) is 3.21. The van der Waals surface area contributed by atoms with E-state index >= 15 is 0 Å². The maximum Gasteiger partial charge on any atom is 0.164 e. The second kappa shape index (κ2) is 4.41. The standard InChI is InChI=1S/C21H28O3/c1-12(22)21-18(24-21)11-17-15-5-4-13-10-14(23)6-8-19(13,2)16(15)7-9-20(17,21)3/h10,15-18H,4-9,11H2,1-3H3/t15-,16+,17-,18+,19+,20-,21+/m0/s1. The van der Waals surface area contributed by atoms with Crippen molar-refractivity contribution in [2.24, 2.45) is 28.6 Å². The second-order valence-corrected chi connectivity index (χ2v) is 9.56. The number of carbonyl (C=O) groups excluding carboxylic acids is 2. The molecule has 0 amide bonds.